The predicted octanol–water partition coefficient (Wildman–Crippen LogP) is 1.49. The van der Waals surface area contributed by atoms with Gasteiger partial charge in [-0.3, -0.25) is 10.1 Å². The fraction of sp³-hybridized carbons (Fsp3) is 0.917. The zero-order chi connectivity index (χ0) is 12.2. The van der Waals surface area contributed by atoms with Crippen molar-refractivity contribution in [3.8, 4) is 0 Å². The second-order valence-corrected chi connectivity index (χ2v) is 4.66. The van der Waals surface area contributed by atoms with Gasteiger partial charge in [-0.2, -0.15) is 0 Å². The quantitative estimate of drug-likeness (QED) is 0.742. The molecule has 1 saturated heterocycles. The van der Waals surface area contributed by atoms with E-state index < -0.39 is 5.54 Å². The summed E-state index contributed by atoms with van der Waals surface area (Å²) in [5.41, 5.74) is -0.554. The van der Waals surface area contributed by atoms with Crippen LogP contribution >= 0.6 is 0 Å². The molecule has 3 atom stereocenters. The summed E-state index contributed by atoms with van der Waals surface area (Å²) in [6, 6.07) is 0.310. The minimum atomic E-state index is -0.554. The molecule has 0 aliphatic carbocycles. The van der Waals surface area contributed by atoms with Crippen LogP contribution in [0.1, 0.15) is 40.0 Å². The molecule has 0 radical (unpaired) electrons. The second kappa shape index (κ2) is 5.64. The number of carbonyl (C=O) groups excluding carboxylic acids is 1. The summed E-state index contributed by atoms with van der Waals surface area (Å²) in [6.07, 6.45) is 2.47. The lowest BCUT2D eigenvalue weighted by atomic mass is 9.86. The fourth-order valence-electron chi connectivity index (χ4n) is 2.23. The highest BCUT2D eigenvalue weighted by Crippen LogP contribution is 2.27. The Morgan fingerprint density at radius 3 is 2.88 bits per heavy atom. The molecule has 0 aromatic heterocycles. The van der Waals surface area contributed by atoms with Crippen LogP contribution in [0.2, 0.25) is 0 Å². The van der Waals surface area contributed by atoms with Crippen LogP contribution in [0.4, 0.5) is 0 Å². The van der Waals surface area contributed by atoms with Crippen molar-refractivity contribution in [2.75, 3.05) is 13.7 Å². The van der Waals surface area contributed by atoms with Crippen LogP contribution in [0.15, 0.2) is 0 Å². The molecule has 1 aliphatic heterocycles. The first-order chi connectivity index (χ1) is 7.54. The van der Waals surface area contributed by atoms with E-state index in [9.17, 15) is 4.79 Å². The van der Waals surface area contributed by atoms with Crippen molar-refractivity contribution in [3.63, 3.8) is 0 Å². The number of esters is 1. The normalized spacial score (nSPS) is 32.1. The van der Waals surface area contributed by atoms with Crippen molar-refractivity contribution in [1.82, 2.24) is 5.32 Å². The lowest BCUT2D eigenvalue weighted by Crippen LogP contribution is -2.59. The average molecular weight is 229 g/mol. The van der Waals surface area contributed by atoms with E-state index in [2.05, 4.69) is 19.2 Å². The molecule has 0 aromatic rings. The van der Waals surface area contributed by atoms with Crippen LogP contribution in [0, 0.1) is 0 Å². The summed E-state index contributed by atoms with van der Waals surface area (Å²) in [7, 11) is 1.45. The van der Waals surface area contributed by atoms with Crippen molar-refractivity contribution >= 4 is 5.97 Å². The highest BCUT2D eigenvalue weighted by atomic mass is 16.5. The number of carbonyl (C=O) groups is 1. The third-order valence-electron chi connectivity index (χ3n) is 3.28. The van der Waals surface area contributed by atoms with E-state index in [0.717, 1.165) is 6.42 Å². The first-order valence-corrected chi connectivity index (χ1v) is 6.01. The van der Waals surface area contributed by atoms with Gasteiger partial charge in [0, 0.05) is 19.1 Å². The molecule has 4 nitrogen and oxygen atoms in total. The summed E-state index contributed by atoms with van der Waals surface area (Å²) >= 11 is 0. The van der Waals surface area contributed by atoms with Gasteiger partial charge in [0.05, 0.1) is 13.2 Å². The van der Waals surface area contributed by atoms with E-state index in [1.54, 1.807) is 0 Å². The van der Waals surface area contributed by atoms with E-state index in [4.69, 9.17) is 9.47 Å². The van der Waals surface area contributed by atoms with Gasteiger partial charge in [-0.15, -0.1) is 0 Å². The molecule has 1 heterocycles. The van der Waals surface area contributed by atoms with E-state index >= 15 is 0 Å². The second-order valence-electron chi connectivity index (χ2n) is 4.66. The van der Waals surface area contributed by atoms with Gasteiger partial charge in [0.25, 0.3) is 0 Å². The van der Waals surface area contributed by atoms with Gasteiger partial charge in [-0.1, -0.05) is 6.92 Å². The Balaban J connectivity index is 2.79. The molecule has 0 aromatic carbocycles. The lowest BCUT2D eigenvalue weighted by Gasteiger charge is -2.40. The maximum atomic E-state index is 11.9. The zero-order valence-electron chi connectivity index (χ0n) is 10.7. The maximum Gasteiger partial charge on any atom is 0.326 e. The topological polar surface area (TPSA) is 47.6 Å². The first-order valence-electron chi connectivity index (χ1n) is 6.01. The van der Waals surface area contributed by atoms with Crippen LogP contribution in [0.5, 0.6) is 0 Å². The van der Waals surface area contributed by atoms with E-state index in [0.29, 0.717) is 25.5 Å². The number of methoxy groups -OCH3 is 1. The SMILES string of the molecule is CCC(C)NC1(C(=O)OC)CCOC(C)C1. The summed E-state index contributed by atoms with van der Waals surface area (Å²) in [6.45, 7) is 6.80. The van der Waals surface area contributed by atoms with Crippen molar-refractivity contribution in [3.05, 3.63) is 0 Å². The number of hydrogen-bond donors (Lipinski definition) is 1. The van der Waals surface area contributed by atoms with Gasteiger partial charge < -0.3 is 9.47 Å². The predicted molar refractivity (Wildman–Crippen MR) is 62.3 cm³/mol. The van der Waals surface area contributed by atoms with Gasteiger partial charge in [-0.05, 0) is 26.7 Å². The molecule has 1 fully saturated rings. The molecule has 1 rings (SSSR count). The van der Waals surface area contributed by atoms with Crippen LogP contribution in [-0.2, 0) is 14.3 Å². The molecule has 4 heteroatoms. The molecule has 94 valence electrons. The van der Waals surface area contributed by atoms with E-state index in [1.807, 2.05) is 6.92 Å². The Morgan fingerprint density at radius 2 is 2.38 bits per heavy atom. The van der Waals surface area contributed by atoms with Crippen LogP contribution in [0.3, 0.4) is 0 Å². The molecule has 0 saturated carbocycles. The third-order valence-corrected chi connectivity index (χ3v) is 3.28. The summed E-state index contributed by atoms with van der Waals surface area (Å²) in [5, 5.41) is 3.41. The molecule has 0 amide bonds. The van der Waals surface area contributed by atoms with Crippen LogP contribution < -0.4 is 5.32 Å². The Kier molecular flexibility index (Phi) is 4.74. The van der Waals surface area contributed by atoms with Crippen molar-refractivity contribution < 1.29 is 14.3 Å². The summed E-state index contributed by atoms with van der Waals surface area (Å²) in [4.78, 5) is 11.9. The lowest BCUT2D eigenvalue weighted by molar-refractivity contribution is -0.156. The standard InChI is InChI=1S/C12H23NO3/c1-5-9(2)13-12(11(14)15-4)6-7-16-10(3)8-12/h9-10,13H,5-8H2,1-4H3. The minimum absolute atomic E-state index is 0.101. The molecule has 3 unspecified atom stereocenters. The Hall–Kier alpha value is -0.610. The third kappa shape index (κ3) is 2.95. The van der Waals surface area contributed by atoms with Crippen molar-refractivity contribution in [2.24, 2.45) is 0 Å². The highest BCUT2D eigenvalue weighted by molar-refractivity contribution is 5.81. The molecule has 16 heavy (non-hydrogen) atoms. The van der Waals surface area contributed by atoms with Crippen LogP contribution in [0.25, 0.3) is 0 Å². The minimum Gasteiger partial charge on any atom is -0.468 e. The van der Waals surface area contributed by atoms with Gasteiger partial charge >= 0.3 is 5.97 Å². The number of hydrogen-bond acceptors (Lipinski definition) is 4. The van der Waals surface area contributed by atoms with Gasteiger partial charge in [-0.25, -0.2) is 0 Å². The van der Waals surface area contributed by atoms with Gasteiger partial charge in [0.15, 0.2) is 0 Å². The first kappa shape index (κ1) is 13.5. The molecule has 1 aliphatic rings. The largest absolute Gasteiger partial charge is 0.468 e. The van der Waals surface area contributed by atoms with E-state index in [-0.39, 0.29) is 12.1 Å². The number of nitrogens with one attached hydrogen (secondary N) is 1. The summed E-state index contributed by atoms with van der Waals surface area (Å²) < 4.78 is 10.4. The monoisotopic (exact) mass is 229 g/mol. The average Bonchev–Trinajstić information content (AvgIpc) is 2.27. The molecule has 1 N–H and O–H groups in total. The van der Waals surface area contributed by atoms with Gasteiger partial charge in [0.2, 0.25) is 0 Å². The van der Waals surface area contributed by atoms with Gasteiger partial charge in [0.1, 0.15) is 5.54 Å². The van der Waals surface area contributed by atoms with Crippen molar-refractivity contribution in [2.45, 2.75) is 57.7 Å². The van der Waals surface area contributed by atoms with Crippen LogP contribution in [-0.4, -0.2) is 37.4 Å². The zero-order valence-corrected chi connectivity index (χ0v) is 10.7. The fourth-order valence-corrected chi connectivity index (χ4v) is 2.23. The highest BCUT2D eigenvalue weighted by Gasteiger charge is 2.43. The number of rotatable bonds is 4. The summed E-state index contributed by atoms with van der Waals surface area (Å²) in [5.74, 6) is -0.164. The van der Waals surface area contributed by atoms with E-state index in [1.165, 1.54) is 7.11 Å². The Bertz CT molecular complexity index is 244. The molecular formula is C12H23NO3. The van der Waals surface area contributed by atoms with Crippen molar-refractivity contribution in [1.29, 1.82) is 0 Å². The molecular weight excluding hydrogens is 206 g/mol. The maximum absolute atomic E-state index is 11.9. The molecule has 0 spiro atoms. The molecule has 0 bridgehead atoms. The smallest absolute Gasteiger partial charge is 0.326 e. The Morgan fingerprint density at radius 1 is 1.69 bits per heavy atom. The number of ether oxygens (including phenoxy) is 2. The Labute approximate surface area is 97.7 Å².